The zero-order valence-electron chi connectivity index (χ0n) is 17.4. The van der Waals surface area contributed by atoms with Gasteiger partial charge >= 0.3 is 0 Å². The number of hydrogen-bond acceptors (Lipinski definition) is 4. The Morgan fingerprint density at radius 1 is 1.33 bits per heavy atom. The first-order valence-corrected chi connectivity index (χ1v) is 10.2. The molecule has 152 valence electrons. The number of likely N-dealkylation sites (tertiary alicyclic amines) is 1. The first kappa shape index (κ1) is 21.3. The first-order chi connectivity index (χ1) is 13.0. The lowest BCUT2D eigenvalue weighted by molar-refractivity contribution is -0.135. The van der Waals surface area contributed by atoms with Gasteiger partial charge in [0.05, 0.1) is 12.2 Å². The number of nitrogens with one attached hydrogen (secondary N) is 2. The Hall–Kier alpha value is -2.05. The molecule has 1 aromatic heterocycles. The van der Waals surface area contributed by atoms with E-state index < -0.39 is 0 Å². The SMILES string of the molecule is CCC(CC)c1cc(CNC(=NC)NC2CCN(C(=O)C(C)C)CC2)on1. The van der Waals surface area contributed by atoms with Crippen LogP contribution in [0.3, 0.4) is 0 Å². The number of hydrogen-bond donors (Lipinski definition) is 2. The number of nitrogens with zero attached hydrogens (tertiary/aromatic N) is 3. The molecule has 1 aromatic rings. The molecular weight excluding hydrogens is 342 g/mol. The number of aromatic nitrogens is 1. The van der Waals surface area contributed by atoms with E-state index in [0.29, 0.717) is 18.5 Å². The summed E-state index contributed by atoms with van der Waals surface area (Å²) in [4.78, 5) is 18.4. The molecule has 0 atom stereocenters. The molecule has 7 heteroatoms. The van der Waals surface area contributed by atoms with E-state index in [1.807, 2.05) is 24.8 Å². The lowest BCUT2D eigenvalue weighted by Gasteiger charge is -2.34. The Morgan fingerprint density at radius 2 is 2.00 bits per heavy atom. The standard InChI is InChI=1S/C20H35N5O2/c1-6-15(7-2)18-12-17(27-24-18)13-22-20(21-5)23-16-8-10-25(11-9-16)19(26)14(3)4/h12,14-16H,6-11,13H2,1-5H3,(H2,21,22,23). The van der Waals surface area contributed by atoms with Gasteiger partial charge in [-0.25, -0.2) is 0 Å². The third kappa shape index (κ3) is 5.97. The highest BCUT2D eigenvalue weighted by molar-refractivity contribution is 5.80. The Labute approximate surface area is 163 Å². The topological polar surface area (TPSA) is 82.8 Å². The summed E-state index contributed by atoms with van der Waals surface area (Å²) in [6.45, 7) is 10.4. The summed E-state index contributed by atoms with van der Waals surface area (Å²) < 4.78 is 5.46. The molecule has 1 saturated heterocycles. The lowest BCUT2D eigenvalue weighted by Crippen LogP contribution is -2.50. The molecule has 0 saturated carbocycles. The number of rotatable bonds is 7. The van der Waals surface area contributed by atoms with Gasteiger partial charge in [0.1, 0.15) is 0 Å². The quantitative estimate of drug-likeness (QED) is 0.564. The molecule has 27 heavy (non-hydrogen) atoms. The van der Waals surface area contributed by atoms with Crippen LogP contribution in [0.2, 0.25) is 0 Å². The number of guanidine groups is 1. The van der Waals surface area contributed by atoms with Crippen LogP contribution in [0, 0.1) is 5.92 Å². The van der Waals surface area contributed by atoms with E-state index in [9.17, 15) is 4.79 Å². The number of piperidine rings is 1. The van der Waals surface area contributed by atoms with Gasteiger partial charge in [-0.3, -0.25) is 9.79 Å². The second-order valence-corrected chi connectivity index (χ2v) is 7.56. The van der Waals surface area contributed by atoms with Crippen LogP contribution >= 0.6 is 0 Å². The highest BCUT2D eigenvalue weighted by Gasteiger charge is 2.24. The van der Waals surface area contributed by atoms with Crippen molar-refractivity contribution in [3.63, 3.8) is 0 Å². The molecule has 0 radical (unpaired) electrons. The van der Waals surface area contributed by atoms with Crippen LogP contribution in [-0.2, 0) is 11.3 Å². The highest BCUT2D eigenvalue weighted by Crippen LogP contribution is 2.22. The van der Waals surface area contributed by atoms with Crippen LogP contribution in [0.25, 0.3) is 0 Å². The number of aliphatic imine (C=N–C) groups is 1. The van der Waals surface area contributed by atoms with Crippen LogP contribution in [-0.4, -0.2) is 48.1 Å². The van der Waals surface area contributed by atoms with Gasteiger partial charge in [-0.2, -0.15) is 0 Å². The highest BCUT2D eigenvalue weighted by atomic mass is 16.5. The lowest BCUT2D eigenvalue weighted by atomic mass is 9.99. The fraction of sp³-hybridized carbons (Fsp3) is 0.750. The molecule has 0 spiro atoms. The van der Waals surface area contributed by atoms with Crippen molar-refractivity contribution in [1.29, 1.82) is 0 Å². The zero-order valence-corrected chi connectivity index (χ0v) is 17.4. The minimum atomic E-state index is 0.0655. The van der Waals surface area contributed by atoms with E-state index >= 15 is 0 Å². The number of amides is 1. The maximum atomic E-state index is 12.1. The molecule has 2 heterocycles. The third-order valence-corrected chi connectivity index (χ3v) is 5.28. The van der Waals surface area contributed by atoms with Gasteiger partial charge in [0.25, 0.3) is 0 Å². The Balaban J connectivity index is 1.79. The van der Waals surface area contributed by atoms with Crippen LogP contribution in [0.15, 0.2) is 15.6 Å². The molecule has 0 bridgehead atoms. The molecule has 1 aliphatic heterocycles. The van der Waals surface area contributed by atoms with Gasteiger partial charge in [-0.15, -0.1) is 0 Å². The second kappa shape index (κ2) is 10.3. The number of carbonyl (C=O) groups excluding carboxylic acids is 1. The van der Waals surface area contributed by atoms with Crippen molar-refractivity contribution in [1.82, 2.24) is 20.7 Å². The summed E-state index contributed by atoms with van der Waals surface area (Å²) in [6.07, 6.45) is 3.99. The van der Waals surface area contributed by atoms with Crippen LogP contribution in [0.4, 0.5) is 0 Å². The van der Waals surface area contributed by atoms with E-state index in [0.717, 1.165) is 56.2 Å². The molecule has 0 unspecified atom stereocenters. The Kier molecular flexibility index (Phi) is 8.13. The molecular formula is C20H35N5O2. The van der Waals surface area contributed by atoms with Gasteiger partial charge in [0.15, 0.2) is 11.7 Å². The van der Waals surface area contributed by atoms with Crippen LogP contribution in [0.1, 0.15) is 70.8 Å². The average molecular weight is 378 g/mol. The van der Waals surface area contributed by atoms with Crippen molar-refractivity contribution in [3.8, 4) is 0 Å². The minimum absolute atomic E-state index is 0.0655. The van der Waals surface area contributed by atoms with E-state index in [2.05, 4.69) is 34.6 Å². The third-order valence-electron chi connectivity index (χ3n) is 5.28. The first-order valence-electron chi connectivity index (χ1n) is 10.2. The summed E-state index contributed by atoms with van der Waals surface area (Å²) in [5.74, 6) is 2.34. The molecule has 2 N–H and O–H groups in total. The van der Waals surface area contributed by atoms with Gasteiger partial charge in [-0.1, -0.05) is 32.9 Å². The summed E-state index contributed by atoms with van der Waals surface area (Å²) >= 11 is 0. The average Bonchev–Trinajstić information content (AvgIpc) is 3.14. The van der Waals surface area contributed by atoms with Crippen LogP contribution in [0.5, 0.6) is 0 Å². The van der Waals surface area contributed by atoms with E-state index in [-0.39, 0.29) is 11.8 Å². The Morgan fingerprint density at radius 3 is 2.56 bits per heavy atom. The minimum Gasteiger partial charge on any atom is -0.359 e. The predicted molar refractivity (Wildman–Crippen MR) is 108 cm³/mol. The van der Waals surface area contributed by atoms with E-state index in [1.54, 1.807) is 7.05 Å². The van der Waals surface area contributed by atoms with Crippen LogP contribution < -0.4 is 10.6 Å². The molecule has 1 amide bonds. The van der Waals surface area contributed by atoms with Crippen molar-refractivity contribution < 1.29 is 9.32 Å². The van der Waals surface area contributed by atoms with Gasteiger partial charge in [0, 0.05) is 44.1 Å². The molecule has 2 rings (SSSR count). The van der Waals surface area contributed by atoms with Gasteiger partial charge in [0.2, 0.25) is 5.91 Å². The van der Waals surface area contributed by atoms with Crippen molar-refractivity contribution in [2.75, 3.05) is 20.1 Å². The number of carbonyl (C=O) groups is 1. The molecule has 1 aliphatic rings. The maximum Gasteiger partial charge on any atom is 0.225 e. The van der Waals surface area contributed by atoms with E-state index in [1.165, 1.54) is 0 Å². The summed E-state index contributed by atoms with van der Waals surface area (Å²) in [7, 11) is 1.77. The second-order valence-electron chi connectivity index (χ2n) is 7.56. The predicted octanol–water partition coefficient (Wildman–Crippen LogP) is 2.89. The van der Waals surface area contributed by atoms with Crippen molar-refractivity contribution in [2.24, 2.45) is 10.9 Å². The largest absolute Gasteiger partial charge is 0.359 e. The molecule has 0 aromatic carbocycles. The molecule has 7 nitrogen and oxygen atoms in total. The van der Waals surface area contributed by atoms with E-state index in [4.69, 9.17) is 4.52 Å². The van der Waals surface area contributed by atoms with Crippen molar-refractivity contribution in [3.05, 3.63) is 17.5 Å². The summed E-state index contributed by atoms with van der Waals surface area (Å²) in [5, 5.41) is 11.0. The molecule has 0 aliphatic carbocycles. The Bertz CT molecular complexity index is 614. The summed E-state index contributed by atoms with van der Waals surface area (Å²) in [5.41, 5.74) is 1.03. The molecule has 1 fully saturated rings. The van der Waals surface area contributed by atoms with Gasteiger partial charge in [-0.05, 0) is 25.7 Å². The maximum absolute atomic E-state index is 12.1. The fourth-order valence-electron chi connectivity index (χ4n) is 3.48. The van der Waals surface area contributed by atoms with Gasteiger partial charge < -0.3 is 20.1 Å². The monoisotopic (exact) mass is 377 g/mol. The smallest absolute Gasteiger partial charge is 0.225 e. The van der Waals surface area contributed by atoms with Crippen molar-refractivity contribution >= 4 is 11.9 Å². The summed E-state index contributed by atoms with van der Waals surface area (Å²) in [6, 6.07) is 2.36. The fourth-order valence-corrected chi connectivity index (χ4v) is 3.48. The normalized spacial score (nSPS) is 16.3. The zero-order chi connectivity index (χ0) is 19.8. The van der Waals surface area contributed by atoms with Crippen molar-refractivity contribution in [2.45, 2.75) is 71.9 Å².